The van der Waals surface area contributed by atoms with Crippen LogP contribution in [-0.4, -0.2) is 9.97 Å². The van der Waals surface area contributed by atoms with Gasteiger partial charge in [-0.3, -0.25) is 9.97 Å². The van der Waals surface area contributed by atoms with Gasteiger partial charge in [-0.25, -0.2) is 0 Å². The first-order valence-corrected chi connectivity index (χ1v) is 3.12. The van der Waals surface area contributed by atoms with Crippen LogP contribution in [0.3, 0.4) is 0 Å². The Labute approximate surface area is 65.9 Å². The normalized spacial score (nSPS) is 9.09. The lowest BCUT2D eigenvalue weighted by Gasteiger charge is -1.90. The molecule has 11 heavy (non-hydrogen) atoms. The van der Waals surface area contributed by atoms with Gasteiger partial charge in [0.2, 0.25) is 0 Å². The van der Waals surface area contributed by atoms with E-state index in [0.29, 0.717) is 0 Å². The second-order valence-electron chi connectivity index (χ2n) is 2.05. The fraction of sp³-hybridized carbons (Fsp3) is 0.111. The molecular formula is C9H10N2. The smallest absolute Gasteiger partial charge is 0.0886 e. The van der Waals surface area contributed by atoms with Crippen LogP contribution < -0.4 is 0 Å². The molecule has 56 valence electrons. The Morgan fingerprint density at radius 2 is 1.27 bits per heavy atom. The summed E-state index contributed by atoms with van der Waals surface area (Å²) in [6, 6.07) is 7.80. The summed E-state index contributed by atoms with van der Waals surface area (Å²) < 4.78 is 0. The van der Waals surface area contributed by atoms with Gasteiger partial charge in [0.25, 0.3) is 0 Å². The van der Waals surface area contributed by atoms with Crippen LogP contribution >= 0.6 is 0 Å². The molecule has 0 spiro atoms. The van der Waals surface area contributed by atoms with Crippen LogP contribution in [-0.2, 0) is 0 Å². The third-order valence-electron chi connectivity index (χ3n) is 1.38. The summed E-state index contributed by atoms with van der Waals surface area (Å²) in [5, 5.41) is 0. The van der Waals surface area contributed by atoms with Crippen molar-refractivity contribution in [3.8, 4) is 0 Å². The highest BCUT2D eigenvalue weighted by molar-refractivity contribution is 5.72. The van der Waals surface area contributed by atoms with Crippen molar-refractivity contribution in [1.29, 1.82) is 0 Å². The largest absolute Gasteiger partial charge is 0.253 e. The third kappa shape index (κ3) is 1.34. The highest BCUT2D eigenvalue weighted by Gasteiger charge is 1.88. The first kappa shape index (κ1) is 7.66. The van der Waals surface area contributed by atoms with Crippen LogP contribution in [0.4, 0.5) is 0 Å². The van der Waals surface area contributed by atoms with E-state index in [-0.39, 0.29) is 7.43 Å². The quantitative estimate of drug-likeness (QED) is 0.569. The summed E-state index contributed by atoms with van der Waals surface area (Å²) >= 11 is 0. The molecule has 0 radical (unpaired) electrons. The first-order valence-electron chi connectivity index (χ1n) is 3.12. The monoisotopic (exact) mass is 146 g/mol. The van der Waals surface area contributed by atoms with Crippen molar-refractivity contribution in [2.24, 2.45) is 0 Å². The van der Waals surface area contributed by atoms with E-state index in [9.17, 15) is 0 Å². The molecule has 1 aromatic heterocycles. The second kappa shape index (κ2) is 3.10. The lowest BCUT2D eigenvalue weighted by atomic mass is 10.3. The van der Waals surface area contributed by atoms with Gasteiger partial charge in [-0.15, -0.1) is 0 Å². The minimum absolute atomic E-state index is 0. The van der Waals surface area contributed by atoms with Gasteiger partial charge >= 0.3 is 0 Å². The average molecular weight is 146 g/mol. The number of para-hydroxylation sites is 2. The lowest BCUT2D eigenvalue weighted by molar-refractivity contribution is 1.29. The van der Waals surface area contributed by atoms with Gasteiger partial charge in [-0.05, 0) is 12.1 Å². The van der Waals surface area contributed by atoms with E-state index in [1.165, 1.54) is 0 Å². The number of hydrogen-bond donors (Lipinski definition) is 0. The van der Waals surface area contributed by atoms with Crippen LogP contribution in [0.1, 0.15) is 7.43 Å². The molecule has 0 unspecified atom stereocenters. The minimum Gasteiger partial charge on any atom is -0.253 e. The molecule has 0 aliphatic rings. The van der Waals surface area contributed by atoms with Crippen LogP contribution in [0.2, 0.25) is 0 Å². The molecule has 0 amide bonds. The Hall–Kier alpha value is -1.44. The van der Waals surface area contributed by atoms with Gasteiger partial charge < -0.3 is 0 Å². The van der Waals surface area contributed by atoms with E-state index in [1.54, 1.807) is 12.4 Å². The molecule has 2 rings (SSSR count). The van der Waals surface area contributed by atoms with Crippen LogP contribution in [0.25, 0.3) is 11.0 Å². The fourth-order valence-corrected chi connectivity index (χ4v) is 0.910. The van der Waals surface area contributed by atoms with Crippen molar-refractivity contribution in [2.75, 3.05) is 0 Å². The Kier molecular flexibility index (Phi) is 2.16. The molecule has 2 nitrogen and oxygen atoms in total. The van der Waals surface area contributed by atoms with Gasteiger partial charge in [-0.1, -0.05) is 19.6 Å². The van der Waals surface area contributed by atoms with Crippen molar-refractivity contribution < 1.29 is 0 Å². The highest BCUT2D eigenvalue weighted by Crippen LogP contribution is 2.04. The van der Waals surface area contributed by atoms with Gasteiger partial charge in [-0.2, -0.15) is 0 Å². The van der Waals surface area contributed by atoms with Crippen LogP contribution in [0.15, 0.2) is 36.7 Å². The number of rotatable bonds is 0. The topological polar surface area (TPSA) is 25.8 Å². The van der Waals surface area contributed by atoms with E-state index in [2.05, 4.69) is 9.97 Å². The maximum Gasteiger partial charge on any atom is 0.0886 e. The Balaban J connectivity index is 0.000000605. The van der Waals surface area contributed by atoms with E-state index >= 15 is 0 Å². The van der Waals surface area contributed by atoms with E-state index in [1.807, 2.05) is 24.3 Å². The van der Waals surface area contributed by atoms with Crippen molar-refractivity contribution in [3.05, 3.63) is 36.7 Å². The number of aromatic nitrogens is 2. The molecule has 0 aliphatic heterocycles. The minimum atomic E-state index is 0. The Morgan fingerprint density at radius 1 is 0.818 bits per heavy atom. The van der Waals surface area contributed by atoms with Gasteiger partial charge in [0.15, 0.2) is 0 Å². The summed E-state index contributed by atoms with van der Waals surface area (Å²) in [5.74, 6) is 0. The zero-order valence-corrected chi connectivity index (χ0v) is 5.36. The average Bonchev–Trinajstić information content (AvgIpc) is 2.05. The number of hydrogen-bond acceptors (Lipinski definition) is 2. The lowest BCUT2D eigenvalue weighted by Crippen LogP contribution is -1.78. The number of fused-ring (bicyclic) bond motifs is 1. The van der Waals surface area contributed by atoms with Gasteiger partial charge in [0, 0.05) is 12.4 Å². The Morgan fingerprint density at radius 3 is 1.73 bits per heavy atom. The predicted molar refractivity (Wildman–Crippen MR) is 46.3 cm³/mol. The van der Waals surface area contributed by atoms with Gasteiger partial charge in [0.1, 0.15) is 0 Å². The molecule has 0 bridgehead atoms. The number of benzene rings is 1. The predicted octanol–water partition coefficient (Wildman–Crippen LogP) is 2.27. The van der Waals surface area contributed by atoms with Crippen molar-refractivity contribution in [2.45, 2.75) is 7.43 Å². The zero-order chi connectivity index (χ0) is 6.81. The molecule has 1 aromatic carbocycles. The molecule has 2 heteroatoms. The molecule has 2 aromatic rings. The van der Waals surface area contributed by atoms with E-state index in [0.717, 1.165) is 11.0 Å². The van der Waals surface area contributed by atoms with Gasteiger partial charge in [0.05, 0.1) is 11.0 Å². The summed E-state index contributed by atoms with van der Waals surface area (Å²) in [7, 11) is 0. The van der Waals surface area contributed by atoms with E-state index in [4.69, 9.17) is 0 Å². The van der Waals surface area contributed by atoms with Crippen molar-refractivity contribution >= 4 is 11.0 Å². The molecule has 1 heterocycles. The Bertz CT molecular complexity index is 279. The van der Waals surface area contributed by atoms with Crippen molar-refractivity contribution in [3.63, 3.8) is 0 Å². The first-order chi connectivity index (χ1) is 4.97. The van der Waals surface area contributed by atoms with Crippen LogP contribution in [0, 0.1) is 0 Å². The summed E-state index contributed by atoms with van der Waals surface area (Å²) in [5.41, 5.74) is 1.90. The molecule has 0 N–H and O–H groups in total. The van der Waals surface area contributed by atoms with E-state index < -0.39 is 0 Å². The second-order valence-corrected chi connectivity index (χ2v) is 2.05. The zero-order valence-electron chi connectivity index (χ0n) is 5.36. The molecule has 0 saturated heterocycles. The van der Waals surface area contributed by atoms with Crippen LogP contribution in [0.5, 0.6) is 0 Å². The molecular weight excluding hydrogens is 136 g/mol. The SMILES string of the molecule is C.c1ccc2nccnc2c1. The molecule has 0 fully saturated rings. The summed E-state index contributed by atoms with van der Waals surface area (Å²) in [6.45, 7) is 0. The summed E-state index contributed by atoms with van der Waals surface area (Å²) in [4.78, 5) is 8.24. The highest BCUT2D eigenvalue weighted by atomic mass is 14.8. The maximum atomic E-state index is 4.12. The standard InChI is InChI=1S/C8H6N2.CH4/c1-2-4-8-7(3-1)9-5-6-10-8;/h1-6H;1H4. The third-order valence-corrected chi connectivity index (χ3v) is 1.38. The summed E-state index contributed by atoms with van der Waals surface area (Å²) in [6.07, 6.45) is 3.39. The fourth-order valence-electron chi connectivity index (χ4n) is 0.910. The molecule has 0 aliphatic carbocycles. The molecule has 0 saturated carbocycles. The van der Waals surface area contributed by atoms with Crippen molar-refractivity contribution in [1.82, 2.24) is 9.97 Å². The molecule has 0 atom stereocenters. The number of nitrogens with zero attached hydrogens (tertiary/aromatic N) is 2. The maximum absolute atomic E-state index is 4.12.